The number of hydrogen-bond acceptors (Lipinski definition) is 0. The molecule has 0 saturated heterocycles. The number of benzene rings is 1. The molecule has 0 saturated carbocycles. The minimum Gasteiger partial charge on any atom is -0.207 e. The predicted octanol–water partition coefficient (Wildman–Crippen LogP) is 3.63. The van der Waals surface area contributed by atoms with Crippen molar-refractivity contribution in [3.05, 3.63) is 35.1 Å². The Morgan fingerprint density at radius 2 is 1.86 bits per heavy atom. The van der Waals surface area contributed by atoms with Crippen LogP contribution in [-0.2, 0) is 12.6 Å². The van der Waals surface area contributed by atoms with Crippen LogP contribution in [0.3, 0.4) is 0 Å². The third kappa shape index (κ3) is 2.38. The number of alkyl halides is 4. The third-order valence-corrected chi connectivity index (χ3v) is 1.96. The third-order valence-electron chi connectivity index (χ3n) is 1.77. The van der Waals surface area contributed by atoms with Crippen LogP contribution in [0, 0.1) is 5.82 Å². The highest BCUT2D eigenvalue weighted by atomic mass is 35.5. The van der Waals surface area contributed by atoms with Gasteiger partial charge in [0, 0.05) is 11.4 Å². The van der Waals surface area contributed by atoms with E-state index in [-0.39, 0.29) is 17.9 Å². The van der Waals surface area contributed by atoms with Crippen molar-refractivity contribution < 1.29 is 17.6 Å². The lowest BCUT2D eigenvalue weighted by Crippen LogP contribution is -2.11. The van der Waals surface area contributed by atoms with Gasteiger partial charge in [-0.2, -0.15) is 13.2 Å². The van der Waals surface area contributed by atoms with E-state index in [9.17, 15) is 17.6 Å². The lowest BCUT2D eigenvalue weighted by atomic mass is 10.0. The van der Waals surface area contributed by atoms with E-state index in [1.807, 2.05) is 0 Å². The molecule has 0 bridgehead atoms. The molecule has 1 rings (SSSR count). The van der Waals surface area contributed by atoms with Crippen LogP contribution in [0.1, 0.15) is 11.1 Å². The average molecular weight is 227 g/mol. The van der Waals surface area contributed by atoms with Gasteiger partial charge in [0.05, 0.1) is 5.56 Å². The first-order valence-corrected chi connectivity index (χ1v) is 4.41. The lowest BCUT2D eigenvalue weighted by Gasteiger charge is -2.12. The first-order chi connectivity index (χ1) is 6.46. The van der Waals surface area contributed by atoms with Crippen LogP contribution >= 0.6 is 11.6 Å². The van der Waals surface area contributed by atoms with Crippen LogP contribution in [0.5, 0.6) is 0 Å². The Morgan fingerprint density at radius 3 is 2.36 bits per heavy atom. The molecule has 0 radical (unpaired) electrons. The standard InChI is InChI=1S/C9H7ClF4/c10-5-4-6-7(9(12,13)14)2-1-3-8(6)11/h1-3H,4-5H2. The molecule has 0 atom stereocenters. The Hall–Kier alpha value is -0.770. The highest BCUT2D eigenvalue weighted by Crippen LogP contribution is 2.33. The molecule has 0 unspecified atom stereocenters. The van der Waals surface area contributed by atoms with E-state index >= 15 is 0 Å². The van der Waals surface area contributed by atoms with Crippen molar-refractivity contribution in [2.24, 2.45) is 0 Å². The van der Waals surface area contributed by atoms with Crippen molar-refractivity contribution in [2.45, 2.75) is 12.6 Å². The minimum atomic E-state index is -4.52. The van der Waals surface area contributed by atoms with E-state index in [4.69, 9.17) is 11.6 Å². The van der Waals surface area contributed by atoms with Crippen molar-refractivity contribution >= 4 is 11.6 Å². The molecule has 1 aromatic carbocycles. The molecule has 0 spiro atoms. The van der Waals surface area contributed by atoms with E-state index in [0.29, 0.717) is 0 Å². The van der Waals surface area contributed by atoms with Crippen LogP contribution in [0.25, 0.3) is 0 Å². The van der Waals surface area contributed by atoms with Gasteiger partial charge in [-0.15, -0.1) is 11.6 Å². The van der Waals surface area contributed by atoms with Crippen molar-refractivity contribution in [1.82, 2.24) is 0 Å². The summed E-state index contributed by atoms with van der Waals surface area (Å²) < 4.78 is 50.0. The van der Waals surface area contributed by atoms with Gasteiger partial charge >= 0.3 is 6.18 Å². The zero-order valence-corrected chi connectivity index (χ0v) is 7.79. The molecule has 0 N–H and O–H groups in total. The largest absolute Gasteiger partial charge is 0.416 e. The minimum absolute atomic E-state index is 0.0377. The summed E-state index contributed by atoms with van der Waals surface area (Å²) >= 11 is 5.30. The molecule has 0 aliphatic heterocycles. The summed E-state index contributed by atoms with van der Waals surface area (Å²) in [5, 5.41) is 0. The second-order valence-corrected chi connectivity index (χ2v) is 3.08. The molecule has 0 nitrogen and oxygen atoms in total. The van der Waals surface area contributed by atoms with Crippen LogP contribution in [0.15, 0.2) is 18.2 Å². The summed E-state index contributed by atoms with van der Waals surface area (Å²) in [6.07, 6.45) is -4.65. The van der Waals surface area contributed by atoms with E-state index in [2.05, 4.69) is 0 Å². The summed E-state index contributed by atoms with van der Waals surface area (Å²) in [4.78, 5) is 0. The summed E-state index contributed by atoms with van der Waals surface area (Å²) in [6.45, 7) is 0. The molecule has 0 aromatic heterocycles. The SMILES string of the molecule is Fc1cccc(C(F)(F)F)c1CCCl. The van der Waals surface area contributed by atoms with Crippen molar-refractivity contribution in [2.75, 3.05) is 5.88 Å². The first kappa shape index (κ1) is 11.3. The maximum Gasteiger partial charge on any atom is 0.416 e. The lowest BCUT2D eigenvalue weighted by molar-refractivity contribution is -0.138. The zero-order valence-electron chi connectivity index (χ0n) is 7.04. The van der Waals surface area contributed by atoms with E-state index in [1.54, 1.807) is 0 Å². The first-order valence-electron chi connectivity index (χ1n) is 3.87. The number of hydrogen-bond donors (Lipinski definition) is 0. The van der Waals surface area contributed by atoms with Gasteiger partial charge in [0.2, 0.25) is 0 Å². The summed E-state index contributed by atoms with van der Waals surface area (Å²) in [7, 11) is 0. The summed E-state index contributed by atoms with van der Waals surface area (Å²) in [6, 6.07) is 2.89. The number of halogens is 5. The molecule has 0 fully saturated rings. The smallest absolute Gasteiger partial charge is 0.207 e. The van der Waals surface area contributed by atoms with Gasteiger partial charge in [0.25, 0.3) is 0 Å². The van der Waals surface area contributed by atoms with Crippen molar-refractivity contribution in [3.8, 4) is 0 Å². The Labute approximate surface area is 83.5 Å². The quantitative estimate of drug-likeness (QED) is 0.534. The van der Waals surface area contributed by atoms with Crippen molar-refractivity contribution in [1.29, 1.82) is 0 Å². The predicted molar refractivity (Wildman–Crippen MR) is 45.8 cm³/mol. The Bertz CT molecular complexity index is 319. The van der Waals surface area contributed by atoms with Gasteiger partial charge in [-0.05, 0) is 18.6 Å². The summed E-state index contributed by atoms with van der Waals surface area (Å²) in [5.41, 5.74) is -1.31. The zero-order chi connectivity index (χ0) is 10.8. The topological polar surface area (TPSA) is 0 Å². The molecular formula is C9H7ClF4. The van der Waals surface area contributed by atoms with Gasteiger partial charge < -0.3 is 0 Å². The molecule has 5 heteroatoms. The highest BCUT2D eigenvalue weighted by Gasteiger charge is 2.33. The van der Waals surface area contributed by atoms with Gasteiger partial charge in [0.1, 0.15) is 5.82 Å². The van der Waals surface area contributed by atoms with E-state index in [1.165, 1.54) is 0 Å². The van der Waals surface area contributed by atoms with Gasteiger partial charge in [-0.1, -0.05) is 6.07 Å². The molecule has 0 aliphatic carbocycles. The molecule has 1 aromatic rings. The Balaban J connectivity index is 3.21. The molecule has 78 valence electrons. The van der Waals surface area contributed by atoms with E-state index < -0.39 is 17.6 Å². The molecule has 14 heavy (non-hydrogen) atoms. The fourth-order valence-electron chi connectivity index (χ4n) is 1.17. The molecular weight excluding hydrogens is 220 g/mol. The fourth-order valence-corrected chi connectivity index (χ4v) is 1.36. The van der Waals surface area contributed by atoms with Gasteiger partial charge in [-0.25, -0.2) is 4.39 Å². The monoisotopic (exact) mass is 226 g/mol. The van der Waals surface area contributed by atoms with Crippen LogP contribution in [-0.4, -0.2) is 5.88 Å². The van der Waals surface area contributed by atoms with Gasteiger partial charge in [0.15, 0.2) is 0 Å². The maximum atomic E-state index is 13.0. The molecule has 0 heterocycles. The van der Waals surface area contributed by atoms with Crippen LogP contribution in [0.4, 0.5) is 17.6 Å². The second-order valence-electron chi connectivity index (χ2n) is 2.70. The van der Waals surface area contributed by atoms with E-state index in [0.717, 1.165) is 18.2 Å². The Kier molecular flexibility index (Phi) is 3.37. The summed E-state index contributed by atoms with van der Waals surface area (Å²) in [5.74, 6) is -0.898. The maximum absolute atomic E-state index is 13.0. The molecule has 0 aliphatic rings. The normalized spacial score (nSPS) is 11.8. The fraction of sp³-hybridized carbons (Fsp3) is 0.333. The molecule has 0 amide bonds. The van der Waals surface area contributed by atoms with Crippen LogP contribution < -0.4 is 0 Å². The van der Waals surface area contributed by atoms with Crippen LogP contribution in [0.2, 0.25) is 0 Å². The Morgan fingerprint density at radius 1 is 1.21 bits per heavy atom. The highest BCUT2D eigenvalue weighted by molar-refractivity contribution is 6.18. The second kappa shape index (κ2) is 4.17. The van der Waals surface area contributed by atoms with Gasteiger partial charge in [-0.3, -0.25) is 0 Å². The van der Waals surface area contributed by atoms with Crippen molar-refractivity contribution in [3.63, 3.8) is 0 Å². The average Bonchev–Trinajstić information content (AvgIpc) is 2.07. The number of rotatable bonds is 2.